The molecule has 1 atom stereocenters. The number of halogens is 3. The molecule has 2 aromatic rings. The lowest BCUT2D eigenvalue weighted by atomic mass is 10.2. The van der Waals surface area contributed by atoms with Crippen LogP contribution in [0.1, 0.15) is 23.3 Å². The van der Waals surface area contributed by atoms with Crippen molar-refractivity contribution in [3.8, 4) is 0 Å². The second-order valence-corrected chi connectivity index (χ2v) is 7.01. The van der Waals surface area contributed by atoms with Gasteiger partial charge in [0.25, 0.3) is 0 Å². The number of alkyl halides is 3. The van der Waals surface area contributed by atoms with E-state index in [1.807, 2.05) is 4.90 Å². The molecular weight excluding hydrogens is 415 g/mol. The number of nitrogens with zero attached hydrogens (tertiary/aromatic N) is 5. The van der Waals surface area contributed by atoms with Gasteiger partial charge in [-0.2, -0.15) is 13.2 Å². The van der Waals surface area contributed by atoms with Crippen LogP contribution in [0.4, 0.5) is 24.8 Å². The average Bonchev–Trinajstić information content (AvgIpc) is 2.74. The van der Waals surface area contributed by atoms with Crippen LogP contribution in [0.5, 0.6) is 0 Å². The zero-order valence-corrected chi connectivity index (χ0v) is 17.4. The van der Waals surface area contributed by atoms with E-state index in [0.29, 0.717) is 51.0 Å². The molecular formula is C19H26F3N7O2. The molecule has 0 bridgehead atoms. The molecule has 12 heteroatoms. The van der Waals surface area contributed by atoms with E-state index in [1.54, 1.807) is 13.2 Å². The van der Waals surface area contributed by atoms with Crippen LogP contribution in [0.15, 0.2) is 18.5 Å². The second kappa shape index (κ2) is 10.6. The number of rotatable bonds is 9. The Hall–Kier alpha value is -2.57. The van der Waals surface area contributed by atoms with Crippen LogP contribution < -0.4 is 10.6 Å². The van der Waals surface area contributed by atoms with E-state index in [0.717, 1.165) is 6.07 Å². The summed E-state index contributed by atoms with van der Waals surface area (Å²) in [6.07, 6.45) is -3.07. The Bertz CT molecular complexity index is 853. The Kier molecular flexibility index (Phi) is 7.93. The maximum Gasteiger partial charge on any atom is 0.433 e. The molecule has 2 N–H and O–H groups in total. The summed E-state index contributed by atoms with van der Waals surface area (Å²) in [6, 6.07) is 2.28. The van der Waals surface area contributed by atoms with E-state index in [2.05, 4.69) is 30.6 Å². The van der Waals surface area contributed by atoms with Gasteiger partial charge < -0.3 is 20.1 Å². The van der Waals surface area contributed by atoms with Gasteiger partial charge in [0.1, 0.15) is 29.5 Å². The van der Waals surface area contributed by atoms with Gasteiger partial charge in [0.05, 0.1) is 25.9 Å². The van der Waals surface area contributed by atoms with Crippen molar-refractivity contribution in [2.75, 3.05) is 63.7 Å². The molecule has 0 spiro atoms. The summed E-state index contributed by atoms with van der Waals surface area (Å²) in [5.41, 5.74) is -0.663. The third-order valence-corrected chi connectivity index (χ3v) is 4.68. The van der Waals surface area contributed by atoms with Crippen molar-refractivity contribution < 1.29 is 22.6 Å². The molecule has 1 unspecified atom stereocenters. The number of ether oxygens (including phenoxy) is 2. The van der Waals surface area contributed by atoms with E-state index in [1.165, 1.54) is 13.3 Å². The van der Waals surface area contributed by atoms with Crippen molar-refractivity contribution in [3.05, 3.63) is 35.7 Å². The first-order valence-corrected chi connectivity index (χ1v) is 9.90. The predicted octanol–water partition coefficient (Wildman–Crippen LogP) is 2.14. The highest BCUT2D eigenvalue weighted by Crippen LogP contribution is 2.30. The van der Waals surface area contributed by atoms with Gasteiger partial charge in [-0.05, 0) is 13.0 Å². The first-order valence-electron chi connectivity index (χ1n) is 9.90. The quantitative estimate of drug-likeness (QED) is 0.567. The Morgan fingerprint density at radius 3 is 2.61 bits per heavy atom. The Labute approximate surface area is 178 Å². The van der Waals surface area contributed by atoms with Gasteiger partial charge in [-0.1, -0.05) is 0 Å². The van der Waals surface area contributed by atoms with Crippen molar-refractivity contribution in [1.82, 2.24) is 24.8 Å². The van der Waals surface area contributed by atoms with Crippen LogP contribution >= 0.6 is 0 Å². The van der Waals surface area contributed by atoms with Crippen LogP contribution in [0, 0.1) is 6.92 Å². The largest absolute Gasteiger partial charge is 0.433 e. The summed E-state index contributed by atoms with van der Waals surface area (Å²) < 4.78 is 50.0. The number of anilines is 2. The van der Waals surface area contributed by atoms with Gasteiger partial charge >= 0.3 is 6.18 Å². The van der Waals surface area contributed by atoms with Crippen molar-refractivity contribution in [2.45, 2.75) is 19.1 Å². The molecule has 170 valence electrons. The van der Waals surface area contributed by atoms with Crippen LogP contribution in [-0.2, 0) is 15.7 Å². The summed E-state index contributed by atoms with van der Waals surface area (Å²) in [5.74, 6) is 1.44. The van der Waals surface area contributed by atoms with E-state index < -0.39 is 17.9 Å². The number of nitrogens with one attached hydrogen (secondary N) is 2. The van der Waals surface area contributed by atoms with Crippen molar-refractivity contribution in [2.24, 2.45) is 0 Å². The fraction of sp³-hybridized carbons (Fsp3) is 0.579. The third kappa shape index (κ3) is 6.71. The molecule has 3 heterocycles. The van der Waals surface area contributed by atoms with Gasteiger partial charge in [-0.15, -0.1) is 0 Å². The molecule has 1 aliphatic heterocycles. The van der Waals surface area contributed by atoms with Gasteiger partial charge in [0, 0.05) is 45.0 Å². The first-order chi connectivity index (χ1) is 14.9. The normalized spacial score (nSPS) is 17.5. The summed E-state index contributed by atoms with van der Waals surface area (Å²) in [6.45, 7) is 5.10. The van der Waals surface area contributed by atoms with E-state index in [-0.39, 0.29) is 18.1 Å². The maximum absolute atomic E-state index is 13.2. The molecule has 3 rings (SSSR count). The second-order valence-electron chi connectivity index (χ2n) is 7.01. The molecule has 0 radical (unpaired) electrons. The molecule has 9 nitrogen and oxygen atoms in total. The zero-order valence-electron chi connectivity index (χ0n) is 17.4. The lowest BCUT2D eigenvalue weighted by molar-refractivity contribution is -0.141. The standard InChI is InChI=1S/C19H26F3N7O2/c1-13-9-15(19(20,21)22)28-18(27-13)14-11-31-8-6-29(14)5-3-23-16-10-17(26-12-25-16)24-4-7-30-2/h9-10,12,14H,3-8,11H2,1-2H3,(H2,23,24,25,26). The Balaban J connectivity index is 1.62. The SMILES string of the molecule is COCCNc1cc(NCCN2CCOCC2c2nc(C)cc(C(F)(F)F)n2)ncn1. The number of hydrogen-bond acceptors (Lipinski definition) is 9. The minimum absolute atomic E-state index is 0.124. The van der Waals surface area contributed by atoms with Gasteiger partial charge in [-0.25, -0.2) is 19.9 Å². The van der Waals surface area contributed by atoms with Gasteiger partial charge in [0.15, 0.2) is 0 Å². The van der Waals surface area contributed by atoms with Crippen molar-refractivity contribution >= 4 is 11.6 Å². The Morgan fingerprint density at radius 2 is 1.90 bits per heavy atom. The smallest absolute Gasteiger partial charge is 0.383 e. The fourth-order valence-electron chi connectivity index (χ4n) is 3.19. The molecule has 31 heavy (non-hydrogen) atoms. The maximum atomic E-state index is 13.2. The van der Waals surface area contributed by atoms with E-state index >= 15 is 0 Å². The lowest BCUT2D eigenvalue weighted by Gasteiger charge is -2.34. The highest BCUT2D eigenvalue weighted by molar-refractivity contribution is 5.46. The number of morpholine rings is 1. The van der Waals surface area contributed by atoms with Crippen LogP contribution in [0.25, 0.3) is 0 Å². The molecule has 2 aromatic heterocycles. The number of aromatic nitrogens is 4. The number of aryl methyl sites for hydroxylation is 1. The van der Waals surface area contributed by atoms with E-state index in [4.69, 9.17) is 9.47 Å². The molecule has 1 aliphatic rings. The minimum atomic E-state index is -4.52. The highest BCUT2D eigenvalue weighted by atomic mass is 19.4. The van der Waals surface area contributed by atoms with Crippen molar-refractivity contribution in [1.29, 1.82) is 0 Å². The summed E-state index contributed by atoms with van der Waals surface area (Å²) in [4.78, 5) is 18.4. The molecule has 0 aromatic carbocycles. The number of hydrogen-bond donors (Lipinski definition) is 2. The summed E-state index contributed by atoms with van der Waals surface area (Å²) in [7, 11) is 1.62. The minimum Gasteiger partial charge on any atom is -0.383 e. The van der Waals surface area contributed by atoms with E-state index in [9.17, 15) is 13.2 Å². The fourth-order valence-corrected chi connectivity index (χ4v) is 3.19. The topological polar surface area (TPSA) is 97.3 Å². The van der Waals surface area contributed by atoms with Gasteiger partial charge in [-0.3, -0.25) is 4.90 Å². The first kappa shape index (κ1) is 23.1. The molecule has 0 amide bonds. The average molecular weight is 441 g/mol. The number of methoxy groups -OCH3 is 1. The molecule has 0 saturated carbocycles. The summed E-state index contributed by atoms with van der Waals surface area (Å²) in [5, 5.41) is 6.34. The summed E-state index contributed by atoms with van der Waals surface area (Å²) >= 11 is 0. The monoisotopic (exact) mass is 441 g/mol. The van der Waals surface area contributed by atoms with Crippen LogP contribution in [-0.4, -0.2) is 77.9 Å². The third-order valence-electron chi connectivity index (χ3n) is 4.68. The highest BCUT2D eigenvalue weighted by Gasteiger charge is 2.35. The lowest BCUT2D eigenvalue weighted by Crippen LogP contribution is -2.42. The van der Waals surface area contributed by atoms with Gasteiger partial charge in [0.2, 0.25) is 0 Å². The van der Waals surface area contributed by atoms with Crippen LogP contribution in [0.3, 0.4) is 0 Å². The molecule has 1 saturated heterocycles. The molecule has 0 aliphatic carbocycles. The van der Waals surface area contributed by atoms with Crippen LogP contribution in [0.2, 0.25) is 0 Å². The van der Waals surface area contributed by atoms with Crippen molar-refractivity contribution in [3.63, 3.8) is 0 Å². The molecule has 1 fully saturated rings. The predicted molar refractivity (Wildman–Crippen MR) is 108 cm³/mol. The zero-order chi connectivity index (χ0) is 22.3. The Morgan fingerprint density at radius 1 is 1.16 bits per heavy atom.